The van der Waals surface area contributed by atoms with Crippen LogP contribution in [-0.2, 0) is 6.42 Å². The molecule has 106 valence electrons. The van der Waals surface area contributed by atoms with Crippen LogP contribution in [0.5, 0.6) is 0 Å². The average molecular weight is 316 g/mol. The van der Waals surface area contributed by atoms with Gasteiger partial charge in [0.05, 0.1) is 10.0 Å². The lowest BCUT2D eigenvalue weighted by atomic mass is 9.91. The second-order valence-electron chi connectivity index (χ2n) is 4.52. The zero-order valence-corrected chi connectivity index (χ0v) is 12.1. The van der Waals surface area contributed by atoms with Gasteiger partial charge in [0.1, 0.15) is 11.6 Å². The van der Waals surface area contributed by atoms with Crippen LogP contribution in [0.4, 0.5) is 8.78 Å². The number of hydrogen-bond donors (Lipinski definition) is 1. The molecule has 0 amide bonds. The van der Waals surface area contributed by atoms with Crippen LogP contribution in [-0.4, -0.2) is 6.54 Å². The maximum atomic E-state index is 13.8. The van der Waals surface area contributed by atoms with Gasteiger partial charge < -0.3 is 5.73 Å². The van der Waals surface area contributed by atoms with Crippen molar-refractivity contribution in [1.29, 1.82) is 0 Å². The van der Waals surface area contributed by atoms with E-state index in [0.29, 0.717) is 22.0 Å². The summed E-state index contributed by atoms with van der Waals surface area (Å²) < 4.78 is 26.8. The van der Waals surface area contributed by atoms with Crippen LogP contribution in [0.3, 0.4) is 0 Å². The molecule has 1 atom stereocenters. The van der Waals surface area contributed by atoms with Crippen molar-refractivity contribution in [3.05, 3.63) is 69.2 Å². The van der Waals surface area contributed by atoms with E-state index < -0.39 is 11.6 Å². The van der Waals surface area contributed by atoms with E-state index in [1.54, 1.807) is 12.1 Å². The summed E-state index contributed by atoms with van der Waals surface area (Å²) in [5.41, 5.74) is 6.88. The summed E-state index contributed by atoms with van der Waals surface area (Å²) in [4.78, 5) is 0. The minimum absolute atomic E-state index is 0.228. The molecule has 2 rings (SSSR count). The second kappa shape index (κ2) is 6.53. The van der Waals surface area contributed by atoms with Gasteiger partial charge in [0.15, 0.2) is 0 Å². The highest BCUT2D eigenvalue weighted by Crippen LogP contribution is 2.30. The first-order chi connectivity index (χ1) is 9.52. The molecule has 2 aromatic carbocycles. The predicted molar refractivity (Wildman–Crippen MR) is 78.3 cm³/mol. The van der Waals surface area contributed by atoms with Crippen molar-refractivity contribution in [1.82, 2.24) is 0 Å². The molecule has 0 aliphatic rings. The number of hydrogen-bond acceptors (Lipinski definition) is 1. The molecule has 20 heavy (non-hydrogen) atoms. The largest absolute Gasteiger partial charge is 0.330 e. The van der Waals surface area contributed by atoms with Crippen LogP contribution in [0.25, 0.3) is 0 Å². The van der Waals surface area contributed by atoms with E-state index in [2.05, 4.69) is 0 Å². The fraction of sp³-hybridized carbons (Fsp3) is 0.200. The van der Waals surface area contributed by atoms with Crippen molar-refractivity contribution < 1.29 is 8.78 Å². The van der Waals surface area contributed by atoms with Gasteiger partial charge in [-0.05, 0) is 36.2 Å². The monoisotopic (exact) mass is 315 g/mol. The Morgan fingerprint density at radius 3 is 2.50 bits per heavy atom. The highest BCUT2D eigenvalue weighted by molar-refractivity contribution is 6.42. The van der Waals surface area contributed by atoms with Gasteiger partial charge in [-0.1, -0.05) is 41.4 Å². The van der Waals surface area contributed by atoms with E-state index in [1.807, 2.05) is 6.07 Å². The molecular formula is C15H13Cl2F2N. The van der Waals surface area contributed by atoms with E-state index in [9.17, 15) is 8.78 Å². The minimum atomic E-state index is -0.609. The maximum absolute atomic E-state index is 13.8. The van der Waals surface area contributed by atoms with Gasteiger partial charge in [-0.3, -0.25) is 0 Å². The lowest BCUT2D eigenvalue weighted by molar-refractivity contribution is 0.551. The maximum Gasteiger partial charge on any atom is 0.129 e. The quantitative estimate of drug-likeness (QED) is 0.879. The minimum Gasteiger partial charge on any atom is -0.330 e. The van der Waals surface area contributed by atoms with Crippen LogP contribution in [0.1, 0.15) is 17.0 Å². The van der Waals surface area contributed by atoms with Gasteiger partial charge in [0.25, 0.3) is 0 Å². The molecular weight excluding hydrogens is 303 g/mol. The van der Waals surface area contributed by atoms with Crippen molar-refractivity contribution in [3.8, 4) is 0 Å². The van der Waals surface area contributed by atoms with E-state index in [0.717, 1.165) is 11.6 Å². The summed E-state index contributed by atoms with van der Waals surface area (Å²) >= 11 is 12.1. The summed E-state index contributed by atoms with van der Waals surface area (Å²) in [6.07, 6.45) is 0.443. The molecule has 0 aromatic heterocycles. The van der Waals surface area contributed by atoms with E-state index in [-0.39, 0.29) is 12.5 Å². The Balaban J connectivity index is 2.31. The molecule has 0 heterocycles. The molecule has 0 radical (unpaired) electrons. The van der Waals surface area contributed by atoms with Crippen molar-refractivity contribution in [3.63, 3.8) is 0 Å². The van der Waals surface area contributed by atoms with Crippen molar-refractivity contribution >= 4 is 23.2 Å². The molecule has 0 spiro atoms. The van der Waals surface area contributed by atoms with Gasteiger partial charge >= 0.3 is 0 Å². The van der Waals surface area contributed by atoms with E-state index in [4.69, 9.17) is 28.9 Å². The van der Waals surface area contributed by atoms with Gasteiger partial charge in [0, 0.05) is 12.0 Å². The predicted octanol–water partition coefficient (Wildman–Crippen LogP) is 4.56. The molecule has 1 unspecified atom stereocenters. The van der Waals surface area contributed by atoms with Gasteiger partial charge in [-0.2, -0.15) is 0 Å². The SMILES string of the molecule is NCC(Cc1cccc(Cl)c1Cl)c1ccc(F)cc1F. The molecule has 2 aromatic rings. The smallest absolute Gasteiger partial charge is 0.129 e. The highest BCUT2D eigenvalue weighted by atomic mass is 35.5. The van der Waals surface area contributed by atoms with E-state index >= 15 is 0 Å². The third kappa shape index (κ3) is 3.29. The zero-order chi connectivity index (χ0) is 14.7. The van der Waals surface area contributed by atoms with Crippen LogP contribution in [0.2, 0.25) is 10.0 Å². The van der Waals surface area contributed by atoms with Crippen LogP contribution >= 0.6 is 23.2 Å². The summed E-state index contributed by atoms with van der Waals surface area (Å²) in [6.45, 7) is 0.228. The Hall–Kier alpha value is -1.16. The van der Waals surface area contributed by atoms with Crippen molar-refractivity contribution in [2.45, 2.75) is 12.3 Å². The molecule has 0 fully saturated rings. The summed E-state index contributed by atoms with van der Waals surface area (Å²) in [6, 6.07) is 8.78. The Morgan fingerprint density at radius 2 is 1.85 bits per heavy atom. The number of halogens is 4. The van der Waals surface area contributed by atoms with Gasteiger partial charge in [0.2, 0.25) is 0 Å². The normalized spacial score (nSPS) is 12.4. The first-order valence-corrected chi connectivity index (χ1v) is 6.86. The molecule has 1 nitrogen and oxygen atoms in total. The summed E-state index contributed by atoms with van der Waals surface area (Å²) in [5, 5.41) is 0.884. The van der Waals surface area contributed by atoms with Gasteiger partial charge in [-0.15, -0.1) is 0 Å². The fourth-order valence-corrected chi connectivity index (χ4v) is 2.52. The van der Waals surface area contributed by atoms with Crippen LogP contribution in [0.15, 0.2) is 36.4 Å². The lowest BCUT2D eigenvalue weighted by Crippen LogP contribution is -2.16. The molecule has 5 heteroatoms. The highest BCUT2D eigenvalue weighted by Gasteiger charge is 2.17. The third-order valence-corrected chi connectivity index (χ3v) is 4.04. The molecule has 0 aliphatic carbocycles. The van der Waals surface area contributed by atoms with Crippen molar-refractivity contribution in [2.75, 3.05) is 6.54 Å². The Bertz CT molecular complexity index is 617. The standard InChI is InChI=1S/C15H13Cl2F2N/c16-13-3-1-2-9(15(13)17)6-10(8-20)12-5-4-11(18)7-14(12)19/h1-5,7,10H,6,8,20H2. The topological polar surface area (TPSA) is 26.0 Å². The fourth-order valence-electron chi connectivity index (χ4n) is 2.12. The van der Waals surface area contributed by atoms with Crippen LogP contribution in [0, 0.1) is 11.6 Å². The molecule has 0 saturated heterocycles. The van der Waals surface area contributed by atoms with Gasteiger partial charge in [-0.25, -0.2) is 8.78 Å². The Labute approximate surface area is 126 Å². The number of benzene rings is 2. The zero-order valence-electron chi connectivity index (χ0n) is 10.5. The molecule has 0 saturated carbocycles. The molecule has 0 aliphatic heterocycles. The van der Waals surface area contributed by atoms with Crippen LogP contribution < -0.4 is 5.73 Å². The Kier molecular flexibility index (Phi) is 4.97. The number of rotatable bonds is 4. The lowest BCUT2D eigenvalue weighted by Gasteiger charge is -2.17. The summed E-state index contributed by atoms with van der Waals surface area (Å²) in [5.74, 6) is -1.49. The summed E-state index contributed by atoms with van der Waals surface area (Å²) in [7, 11) is 0. The first-order valence-electron chi connectivity index (χ1n) is 6.10. The average Bonchev–Trinajstić information content (AvgIpc) is 2.41. The second-order valence-corrected chi connectivity index (χ2v) is 5.30. The number of nitrogens with two attached hydrogens (primary N) is 1. The third-order valence-electron chi connectivity index (χ3n) is 3.18. The first kappa shape index (κ1) is 15.2. The Morgan fingerprint density at radius 1 is 1.10 bits per heavy atom. The molecule has 2 N–H and O–H groups in total. The van der Waals surface area contributed by atoms with Crippen molar-refractivity contribution in [2.24, 2.45) is 5.73 Å². The van der Waals surface area contributed by atoms with E-state index in [1.165, 1.54) is 12.1 Å². The molecule has 0 bridgehead atoms.